The van der Waals surface area contributed by atoms with Crippen LogP contribution in [0.2, 0.25) is 0 Å². The van der Waals surface area contributed by atoms with E-state index in [4.69, 9.17) is 4.74 Å². The molecule has 2 heterocycles. The largest absolute Gasteiger partial charge is 0.466 e. The van der Waals surface area contributed by atoms with Gasteiger partial charge in [0.05, 0.1) is 13.0 Å². The van der Waals surface area contributed by atoms with Crippen LogP contribution in [-0.2, 0) is 27.3 Å². The van der Waals surface area contributed by atoms with Gasteiger partial charge in [0.1, 0.15) is 0 Å². The lowest BCUT2D eigenvalue weighted by Crippen LogP contribution is -2.33. The summed E-state index contributed by atoms with van der Waals surface area (Å²) in [4.78, 5) is 44.7. The maximum atomic E-state index is 13.3. The van der Waals surface area contributed by atoms with E-state index in [9.17, 15) is 14.4 Å². The number of carbonyl (C=O) groups excluding carboxylic acids is 3. The van der Waals surface area contributed by atoms with Gasteiger partial charge < -0.3 is 14.5 Å². The van der Waals surface area contributed by atoms with Crippen molar-refractivity contribution in [2.24, 2.45) is 0 Å². The van der Waals surface area contributed by atoms with E-state index in [0.717, 1.165) is 23.2 Å². The quantitative estimate of drug-likeness (QED) is 0.626. The number of ether oxygens (including phenoxy) is 1. The Bertz CT molecular complexity index is 914. The number of carbonyl (C=O) groups is 3. The van der Waals surface area contributed by atoms with Crippen molar-refractivity contribution in [3.8, 4) is 0 Å². The summed E-state index contributed by atoms with van der Waals surface area (Å²) >= 11 is 0. The normalized spacial score (nSPS) is 12.4. The van der Waals surface area contributed by atoms with E-state index in [1.807, 2.05) is 31.2 Å². The summed E-state index contributed by atoms with van der Waals surface area (Å²) in [5, 5.41) is 0. The van der Waals surface area contributed by atoms with Gasteiger partial charge in [0.25, 0.3) is 5.91 Å². The van der Waals surface area contributed by atoms with Crippen LogP contribution in [-0.4, -0.2) is 47.4 Å². The Morgan fingerprint density at radius 2 is 2.03 bits per heavy atom. The molecular formula is C23H27N3O4. The van der Waals surface area contributed by atoms with Gasteiger partial charge in [0.2, 0.25) is 5.91 Å². The number of nitrogens with zero attached hydrogens (tertiary/aromatic N) is 3. The minimum Gasteiger partial charge on any atom is -0.466 e. The Hall–Kier alpha value is -3.22. The zero-order valence-corrected chi connectivity index (χ0v) is 17.5. The number of fused-ring (bicyclic) bond motifs is 1. The molecule has 7 nitrogen and oxygen atoms in total. The standard InChI is InChI=1S/C23H27N3O4/c1-3-21(27)26-13-9-18-14-19(7-8-20(18)26)23(29)25(12-10-22(28)30-4-2)16-17-6-5-11-24-15-17/h5-8,11,14-15H,3-4,9-10,12-13,16H2,1-2H3. The van der Waals surface area contributed by atoms with Crippen LogP contribution in [0.15, 0.2) is 42.7 Å². The molecule has 1 aromatic carbocycles. The summed E-state index contributed by atoms with van der Waals surface area (Å²) in [5.41, 5.74) is 3.31. The fourth-order valence-corrected chi connectivity index (χ4v) is 3.59. The molecule has 0 fully saturated rings. The number of rotatable bonds is 8. The topological polar surface area (TPSA) is 79.8 Å². The Balaban J connectivity index is 1.80. The molecule has 3 rings (SSSR count). The predicted molar refractivity (Wildman–Crippen MR) is 113 cm³/mol. The third kappa shape index (κ3) is 5.03. The van der Waals surface area contributed by atoms with Crippen LogP contribution in [0.3, 0.4) is 0 Å². The Morgan fingerprint density at radius 3 is 2.73 bits per heavy atom. The fourth-order valence-electron chi connectivity index (χ4n) is 3.59. The first-order chi connectivity index (χ1) is 14.5. The fraction of sp³-hybridized carbons (Fsp3) is 0.391. The molecule has 0 unspecified atom stereocenters. The van der Waals surface area contributed by atoms with Crippen molar-refractivity contribution in [1.29, 1.82) is 0 Å². The highest BCUT2D eigenvalue weighted by molar-refractivity contribution is 5.98. The minimum atomic E-state index is -0.329. The summed E-state index contributed by atoms with van der Waals surface area (Å²) in [6.45, 7) is 5.16. The van der Waals surface area contributed by atoms with Gasteiger partial charge in [-0.15, -0.1) is 0 Å². The molecule has 30 heavy (non-hydrogen) atoms. The van der Waals surface area contributed by atoms with E-state index < -0.39 is 0 Å². The molecule has 2 amide bonds. The van der Waals surface area contributed by atoms with E-state index in [1.54, 1.807) is 35.2 Å². The molecular weight excluding hydrogens is 382 g/mol. The van der Waals surface area contributed by atoms with E-state index in [2.05, 4.69) is 4.98 Å². The van der Waals surface area contributed by atoms with Crippen LogP contribution in [0, 0.1) is 0 Å². The van der Waals surface area contributed by atoms with Gasteiger partial charge in [0.15, 0.2) is 0 Å². The zero-order valence-electron chi connectivity index (χ0n) is 17.5. The molecule has 1 aliphatic heterocycles. The number of benzene rings is 1. The molecule has 1 aromatic heterocycles. The van der Waals surface area contributed by atoms with Crippen LogP contribution in [0.4, 0.5) is 5.69 Å². The van der Waals surface area contributed by atoms with Crippen LogP contribution in [0.5, 0.6) is 0 Å². The average molecular weight is 409 g/mol. The smallest absolute Gasteiger partial charge is 0.307 e. The number of pyridine rings is 1. The molecule has 2 aromatic rings. The lowest BCUT2D eigenvalue weighted by Gasteiger charge is -2.23. The number of amides is 2. The van der Waals surface area contributed by atoms with E-state index in [0.29, 0.717) is 31.7 Å². The number of hydrogen-bond donors (Lipinski definition) is 0. The highest BCUT2D eigenvalue weighted by atomic mass is 16.5. The molecule has 0 spiro atoms. The minimum absolute atomic E-state index is 0.0838. The highest BCUT2D eigenvalue weighted by Crippen LogP contribution is 2.30. The first-order valence-electron chi connectivity index (χ1n) is 10.3. The van der Waals surface area contributed by atoms with Gasteiger partial charge >= 0.3 is 5.97 Å². The lowest BCUT2D eigenvalue weighted by atomic mass is 10.1. The summed E-state index contributed by atoms with van der Waals surface area (Å²) in [7, 11) is 0. The molecule has 158 valence electrons. The Kier molecular flexibility index (Phi) is 7.17. The SMILES string of the molecule is CCOC(=O)CCN(Cc1cccnc1)C(=O)c1ccc2c(c1)CCN2C(=O)CC. The first kappa shape index (κ1) is 21.5. The van der Waals surface area contributed by atoms with Gasteiger partial charge in [-0.2, -0.15) is 0 Å². The third-order valence-corrected chi connectivity index (χ3v) is 5.10. The number of anilines is 1. The maximum absolute atomic E-state index is 13.3. The molecule has 0 saturated heterocycles. The predicted octanol–water partition coefficient (Wildman–Crippen LogP) is 2.98. The molecule has 0 bridgehead atoms. The van der Waals surface area contributed by atoms with E-state index in [1.165, 1.54) is 0 Å². The molecule has 0 N–H and O–H groups in total. The van der Waals surface area contributed by atoms with Crippen LogP contribution in [0.1, 0.15) is 48.2 Å². The summed E-state index contributed by atoms with van der Waals surface area (Å²) in [6.07, 6.45) is 4.70. The van der Waals surface area contributed by atoms with Crippen molar-refractivity contribution < 1.29 is 19.1 Å². The van der Waals surface area contributed by atoms with Crippen molar-refractivity contribution in [3.05, 3.63) is 59.4 Å². The first-order valence-corrected chi connectivity index (χ1v) is 10.3. The van der Waals surface area contributed by atoms with Crippen molar-refractivity contribution in [2.75, 3.05) is 24.6 Å². The second-order valence-corrected chi connectivity index (χ2v) is 7.14. The number of esters is 1. The van der Waals surface area contributed by atoms with Crippen molar-refractivity contribution in [2.45, 2.75) is 39.7 Å². The molecule has 0 saturated carbocycles. The summed E-state index contributed by atoms with van der Waals surface area (Å²) < 4.78 is 5.01. The van der Waals surface area contributed by atoms with Crippen molar-refractivity contribution in [1.82, 2.24) is 9.88 Å². The summed E-state index contributed by atoms with van der Waals surface area (Å²) in [6, 6.07) is 9.17. The van der Waals surface area contributed by atoms with Crippen molar-refractivity contribution >= 4 is 23.5 Å². The average Bonchev–Trinajstić information content (AvgIpc) is 3.19. The molecule has 0 radical (unpaired) electrons. The van der Waals surface area contributed by atoms with E-state index in [-0.39, 0.29) is 30.7 Å². The monoisotopic (exact) mass is 409 g/mol. The molecule has 7 heteroatoms. The Labute approximate surface area is 176 Å². The molecule has 0 aliphatic carbocycles. The van der Waals surface area contributed by atoms with Crippen molar-refractivity contribution in [3.63, 3.8) is 0 Å². The van der Waals surface area contributed by atoms with Gasteiger partial charge in [-0.3, -0.25) is 19.4 Å². The Morgan fingerprint density at radius 1 is 1.20 bits per heavy atom. The second-order valence-electron chi connectivity index (χ2n) is 7.14. The molecule has 1 aliphatic rings. The zero-order chi connectivity index (χ0) is 21.5. The van der Waals surface area contributed by atoms with Crippen LogP contribution >= 0.6 is 0 Å². The van der Waals surface area contributed by atoms with Gasteiger partial charge in [-0.25, -0.2) is 0 Å². The maximum Gasteiger partial charge on any atom is 0.307 e. The lowest BCUT2D eigenvalue weighted by molar-refractivity contribution is -0.143. The summed E-state index contributed by atoms with van der Waals surface area (Å²) in [5.74, 6) is -0.407. The molecule has 0 atom stereocenters. The van der Waals surface area contributed by atoms with Gasteiger partial charge in [-0.05, 0) is 48.7 Å². The van der Waals surface area contributed by atoms with E-state index >= 15 is 0 Å². The van der Waals surface area contributed by atoms with Crippen LogP contribution < -0.4 is 4.90 Å². The highest BCUT2D eigenvalue weighted by Gasteiger charge is 2.26. The third-order valence-electron chi connectivity index (χ3n) is 5.10. The van der Waals surface area contributed by atoms with Crippen LogP contribution in [0.25, 0.3) is 0 Å². The number of hydrogen-bond acceptors (Lipinski definition) is 5. The number of aromatic nitrogens is 1. The van der Waals surface area contributed by atoms with Gasteiger partial charge in [0, 0.05) is 49.7 Å². The van der Waals surface area contributed by atoms with Gasteiger partial charge in [-0.1, -0.05) is 13.0 Å². The second kappa shape index (κ2) is 10.0.